The summed E-state index contributed by atoms with van der Waals surface area (Å²) in [5.41, 5.74) is 0.00109. The van der Waals surface area contributed by atoms with Crippen LogP contribution in [0.1, 0.15) is 61.3 Å². The van der Waals surface area contributed by atoms with E-state index in [2.05, 4.69) is 61.6 Å². The number of hydrogen-bond donors (Lipinski definition) is 0. The second kappa shape index (κ2) is 5.35. The van der Waals surface area contributed by atoms with E-state index in [0.29, 0.717) is 23.2 Å². The predicted octanol–water partition coefficient (Wildman–Crippen LogP) is 5.73. The molecular formula is C22H40O2Si. The minimum atomic E-state index is -1.69. The fourth-order valence-corrected chi connectivity index (χ4v) is 7.97. The van der Waals surface area contributed by atoms with Crippen LogP contribution in [0.15, 0.2) is 0 Å². The van der Waals surface area contributed by atoms with E-state index in [0.717, 1.165) is 35.5 Å². The van der Waals surface area contributed by atoms with Gasteiger partial charge in [-0.25, -0.2) is 0 Å². The topological polar surface area (TPSA) is 18.5 Å². The van der Waals surface area contributed by atoms with E-state index < -0.39 is 8.32 Å². The van der Waals surface area contributed by atoms with Gasteiger partial charge in [0.25, 0.3) is 0 Å². The zero-order chi connectivity index (χ0) is 18.5. The van der Waals surface area contributed by atoms with Crippen molar-refractivity contribution < 1.29 is 9.16 Å². The van der Waals surface area contributed by atoms with Crippen LogP contribution in [0.25, 0.3) is 0 Å². The Morgan fingerprint density at radius 2 is 1.36 bits per heavy atom. The van der Waals surface area contributed by atoms with Crippen LogP contribution in [0.4, 0.5) is 0 Å². The normalized spacial score (nSPS) is 48.6. The second-order valence-corrected chi connectivity index (χ2v) is 17.0. The maximum Gasteiger partial charge on any atom is 0.192 e. The Bertz CT molecular complexity index is 543. The van der Waals surface area contributed by atoms with Gasteiger partial charge in [-0.15, -0.1) is 0 Å². The van der Waals surface area contributed by atoms with Gasteiger partial charge in [0.1, 0.15) is 0 Å². The van der Waals surface area contributed by atoms with Crippen LogP contribution in [0.3, 0.4) is 0 Å². The van der Waals surface area contributed by atoms with E-state index in [-0.39, 0.29) is 5.60 Å². The first-order valence-electron chi connectivity index (χ1n) is 10.7. The van der Waals surface area contributed by atoms with E-state index in [1.165, 1.54) is 12.8 Å². The molecule has 9 atom stereocenters. The van der Waals surface area contributed by atoms with E-state index in [1.807, 2.05) is 0 Å². The quantitative estimate of drug-likeness (QED) is 0.596. The first-order valence-corrected chi connectivity index (χ1v) is 13.6. The lowest BCUT2D eigenvalue weighted by Crippen LogP contribution is -2.46. The zero-order valence-electron chi connectivity index (χ0n) is 17.9. The van der Waals surface area contributed by atoms with Gasteiger partial charge >= 0.3 is 0 Å². The first-order chi connectivity index (χ1) is 11.3. The minimum Gasteiger partial charge on any atom is -0.414 e. The summed E-state index contributed by atoms with van der Waals surface area (Å²) in [4.78, 5) is 0. The molecule has 0 unspecified atom stereocenters. The molecule has 6 bridgehead atoms. The SMILES string of the molecule is C[C@H]1C[C@@H]2[C@@H]3[C@H](C[C@@H]1O[Si](C)(C)C(C)(C)C)[C@@H]1[C@H]2[C@@H]1[C@H]3OC(C)(C)C. The van der Waals surface area contributed by atoms with Gasteiger partial charge in [-0.3, -0.25) is 0 Å². The fourth-order valence-electron chi connectivity index (χ4n) is 6.53. The average Bonchev–Trinajstić information content (AvgIpc) is 2.89. The maximum absolute atomic E-state index is 6.96. The predicted molar refractivity (Wildman–Crippen MR) is 106 cm³/mol. The smallest absolute Gasteiger partial charge is 0.192 e. The summed E-state index contributed by atoms with van der Waals surface area (Å²) in [6.07, 6.45) is 3.70. The average molecular weight is 365 g/mol. The van der Waals surface area contributed by atoms with E-state index in [1.54, 1.807) is 0 Å². The lowest BCUT2D eigenvalue weighted by Gasteiger charge is -2.41. The van der Waals surface area contributed by atoms with Crippen molar-refractivity contribution in [2.24, 2.45) is 41.4 Å². The molecule has 0 amide bonds. The molecule has 0 aromatic heterocycles. The van der Waals surface area contributed by atoms with Gasteiger partial charge in [-0.2, -0.15) is 0 Å². The van der Waals surface area contributed by atoms with Crippen molar-refractivity contribution in [2.45, 2.75) is 97.2 Å². The molecule has 3 heteroatoms. The molecule has 0 heterocycles. The van der Waals surface area contributed by atoms with Gasteiger partial charge in [0.05, 0.1) is 11.7 Å². The summed E-state index contributed by atoms with van der Waals surface area (Å²) >= 11 is 0. The van der Waals surface area contributed by atoms with Gasteiger partial charge in [-0.05, 0) is 93.2 Å². The van der Waals surface area contributed by atoms with Gasteiger partial charge in [0.2, 0.25) is 0 Å². The highest BCUT2D eigenvalue weighted by Crippen LogP contribution is 2.79. The van der Waals surface area contributed by atoms with Gasteiger partial charge in [0.15, 0.2) is 8.32 Å². The third-order valence-electron chi connectivity index (χ3n) is 8.45. The second-order valence-electron chi connectivity index (χ2n) is 12.2. The van der Waals surface area contributed by atoms with Gasteiger partial charge < -0.3 is 9.16 Å². The third kappa shape index (κ3) is 2.79. The molecule has 5 rings (SSSR count). The standard InChI is InChI=1S/C22H40O2Si/c1-12-10-13-16-14(11-15(12)24-25(8,9)22(5,6)7)18-17(13)19(18)20(16)23-21(2,3)4/h12-20H,10-11H2,1-9H3/t12-,13+,14-,15-,16+,17-,18+,19-,20-/m0/s1. The van der Waals surface area contributed by atoms with E-state index in [4.69, 9.17) is 9.16 Å². The highest BCUT2D eigenvalue weighted by molar-refractivity contribution is 6.74. The summed E-state index contributed by atoms with van der Waals surface area (Å²) in [6, 6.07) is 0. The number of rotatable bonds is 3. The monoisotopic (exact) mass is 364 g/mol. The van der Waals surface area contributed by atoms with Crippen LogP contribution >= 0.6 is 0 Å². The Morgan fingerprint density at radius 1 is 0.800 bits per heavy atom. The summed E-state index contributed by atoms with van der Waals surface area (Å²) in [7, 11) is -1.69. The molecule has 0 aromatic carbocycles. The highest BCUT2D eigenvalue weighted by atomic mass is 28.4. The molecule has 0 spiro atoms. The van der Waals surface area contributed by atoms with Crippen molar-refractivity contribution in [2.75, 3.05) is 0 Å². The van der Waals surface area contributed by atoms with Crippen molar-refractivity contribution in [3.05, 3.63) is 0 Å². The summed E-state index contributed by atoms with van der Waals surface area (Å²) in [6.45, 7) is 21.1. The van der Waals surface area contributed by atoms with Crippen molar-refractivity contribution in [1.29, 1.82) is 0 Å². The van der Waals surface area contributed by atoms with Crippen molar-refractivity contribution in [3.8, 4) is 0 Å². The van der Waals surface area contributed by atoms with Crippen molar-refractivity contribution in [3.63, 3.8) is 0 Å². The van der Waals surface area contributed by atoms with E-state index in [9.17, 15) is 0 Å². The number of ether oxygens (including phenoxy) is 1. The van der Waals surface area contributed by atoms with E-state index >= 15 is 0 Å². The molecule has 0 aliphatic heterocycles. The summed E-state index contributed by atoms with van der Waals surface area (Å²) in [5, 5.41) is 0.306. The molecule has 5 saturated carbocycles. The molecule has 25 heavy (non-hydrogen) atoms. The molecule has 0 saturated heterocycles. The Morgan fingerprint density at radius 3 is 1.88 bits per heavy atom. The summed E-state index contributed by atoms with van der Waals surface area (Å²) in [5.74, 6) is 6.20. The molecule has 0 radical (unpaired) electrons. The molecule has 5 aliphatic rings. The van der Waals surface area contributed by atoms with Crippen molar-refractivity contribution in [1.82, 2.24) is 0 Å². The molecule has 144 valence electrons. The Balaban J connectivity index is 1.51. The Kier molecular flexibility index (Phi) is 3.96. The highest BCUT2D eigenvalue weighted by Gasteiger charge is 2.79. The van der Waals surface area contributed by atoms with Crippen LogP contribution in [-0.4, -0.2) is 26.1 Å². The van der Waals surface area contributed by atoms with Crippen LogP contribution < -0.4 is 0 Å². The third-order valence-corrected chi connectivity index (χ3v) is 13.0. The lowest BCUT2D eigenvalue weighted by molar-refractivity contribution is -0.0834. The Labute approximate surface area is 156 Å². The van der Waals surface area contributed by atoms with Crippen molar-refractivity contribution >= 4 is 8.32 Å². The largest absolute Gasteiger partial charge is 0.414 e. The first kappa shape index (κ1) is 18.5. The zero-order valence-corrected chi connectivity index (χ0v) is 18.9. The molecule has 5 fully saturated rings. The molecular weight excluding hydrogens is 324 g/mol. The molecule has 5 aliphatic carbocycles. The molecule has 0 aromatic rings. The number of hydrogen-bond acceptors (Lipinski definition) is 2. The lowest BCUT2D eigenvalue weighted by atomic mass is 9.88. The van der Waals surface area contributed by atoms with Crippen LogP contribution in [0.5, 0.6) is 0 Å². The van der Waals surface area contributed by atoms with Crippen LogP contribution in [-0.2, 0) is 9.16 Å². The van der Waals surface area contributed by atoms with Gasteiger partial charge in [0, 0.05) is 6.10 Å². The Hall–Kier alpha value is 0.137. The van der Waals surface area contributed by atoms with Crippen LogP contribution in [0.2, 0.25) is 18.1 Å². The molecule has 2 nitrogen and oxygen atoms in total. The van der Waals surface area contributed by atoms with Crippen LogP contribution in [0, 0.1) is 41.4 Å². The van der Waals surface area contributed by atoms with Gasteiger partial charge in [-0.1, -0.05) is 27.7 Å². The fraction of sp³-hybridized carbons (Fsp3) is 1.00. The minimum absolute atomic E-state index is 0.00109. The molecule has 0 N–H and O–H groups in total. The summed E-state index contributed by atoms with van der Waals surface area (Å²) < 4.78 is 13.5. The maximum atomic E-state index is 6.96.